The summed E-state index contributed by atoms with van der Waals surface area (Å²) in [6, 6.07) is 8.31. The predicted molar refractivity (Wildman–Crippen MR) is 113 cm³/mol. The van der Waals surface area contributed by atoms with E-state index in [4.69, 9.17) is 4.74 Å². The third-order valence-electron chi connectivity index (χ3n) is 5.80. The minimum atomic E-state index is -0.287. The van der Waals surface area contributed by atoms with Crippen molar-refractivity contribution in [2.75, 3.05) is 18.6 Å². The highest BCUT2D eigenvalue weighted by molar-refractivity contribution is 8.00. The lowest BCUT2D eigenvalue weighted by Crippen LogP contribution is -2.25. The molecule has 0 N–H and O–H groups in total. The number of rotatable bonds is 6. The van der Waals surface area contributed by atoms with Crippen LogP contribution in [-0.2, 0) is 21.5 Å². The maximum absolute atomic E-state index is 13.0. The first-order chi connectivity index (χ1) is 13.9. The van der Waals surface area contributed by atoms with E-state index in [0.29, 0.717) is 11.7 Å². The van der Waals surface area contributed by atoms with Gasteiger partial charge in [-0.25, -0.2) is 4.68 Å². The molecule has 29 heavy (non-hydrogen) atoms. The quantitative estimate of drug-likeness (QED) is 0.532. The van der Waals surface area contributed by atoms with Crippen LogP contribution in [-0.4, -0.2) is 51.0 Å². The molecular formula is C21H27N5O2S. The Morgan fingerprint density at radius 1 is 1.41 bits per heavy atom. The Morgan fingerprint density at radius 2 is 2.21 bits per heavy atom. The minimum absolute atomic E-state index is 0.0596. The third-order valence-corrected chi connectivity index (χ3v) is 6.89. The minimum Gasteiger partial charge on any atom is -0.376 e. The fraction of sp³-hybridized carbons (Fsp3) is 0.524. The Bertz CT molecular complexity index is 933. The van der Waals surface area contributed by atoms with E-state index in [9.17, 15) is 4.79 Å². The molecule has 0 radical (unpaired) electrons. The second-order valence-corrected chi connectivity index (χ2v) is 9.48. The van der Waals surface area contributed by atoms with Gasteiger partial charge in [-0.15, -0.1) is 5.10 Å². The van der Waals surface area contributed by atoms with Crippen molar-refractivity contribution in [1.82, 2.24) is 20.2 Å². The number of ether oxygens (including phenoxy) is 1. The van der Waals surface area contributed by atoms with Gasteiger partial charge in [0, 0.05) is 36.5 Å². The number of fused-ring (bicyclic) bond motifs is 1. The highest BCUT2D eigenvalue weighted by Crippen LogP contribution is 2.46. The maximum atomic E-state index is 13.0. The third kappa shape index (κ3) is 3.83. The molecule has 1 aromatic heterocycles. The van der Waals surface area contributed by atoms with E-state index >= 15 is 0 Å². The van der Waals surface area contributed by atoms with Crippen LogP contribution in [0.3, 0.4) is 0 Å². The molecule has 7 nitrogen and oxygen atoms in total. The van der Waals surface area contributed by atoms with Gasteiger partial charge in [0.2, 0.25) is 5.16 Å². The van der Waals surface area contributed by atoms with Gasteiger partial charge in [0.1, 0.15) is 0 Å². The molecule has 2 unspecified atom stereocenters. The number of carbonyl (C=O) groups is 1. The van der Waals surface area contributed by atoms with Crippen molar-refractivity contribution in [2.45, 2.75) is 62.1 Å². The summed E-state index contributed by atoms with van der Waals surface area (Å²) in [6.07, 6.45) is 4.03. The van der Waals surface area contributed by atoms with Gasteiger partial charge in [0.15, 0.2) is 5.78 Å². The van der Waals surface area contributed by atoms with E-state index in [-0.39, 0.29) is 22.6 Å². The van der Waals surface area contributed by atoms with Crippen molar-refractivity contribution in [3.8, 4) is 0 Å². The SMILES string of the molecule is CC(Sc1nnnn1CC1CCCO1)C(=O)/C=C1/N(C)c2ccccc2C1(C)C. The van der Waals surface area contributed by atoms with Crippen LogP contribution < -0.4 is 4.90 Å². The highest BCUT2D eigenvalue weighted by atomic mass is 32.2. The van der Waals surface area contributed by atoms with Gasteiger partial charge >= 0.3 is 0 Å². The number of para-hydroxylation sites is 1. The number of allylic oxidation sites excluding steroid dienone is 2. The number of hydrogen-bond acceptors (Lipinski definition) is 7. The predicted octanol–water partition coefficient (Wildman–Crippen LogP) is 3.21. The molecule has 4 rings (SSSR count). The van der Waals surface area contributed by atoms with Crippen molar-refractivity contribution in [2.24, 2.45) is 0 Å². The van der Waals surface area contributed by atoms with Gasteiger partial charge in [-0.2, -0.15) is 0 Å². The Labute approximate surface area is 175 Å². The molecule has 1 saturated heterocycles. The molecule has 154 valence electrons. The van der Waals surface area contributed by atoms with Gasteiger partial charge in [0.05, 0.1) is 17.9 Å². The second kappa shape index (κ2) is 7.91. The lowest BCUT2D eigenvalue weighted by molar-refractivity contribution is -0.114. The molecule has 1 aromatic carbocycles. The van der Waals surface area contributed by atoms with Crippen LogP contribution in [0, 0.1) is 0 Å². The molecule has 0 amide bonds. The molecule has 0 saturated carbocycles. The van der Waals surface area contributed by atoms with Crippen molar-refractivity contribution in [3.05, 3.63) is 41.6 Å². The zero-order valence-electron chi connectivity index (χ0n) is 17.3. The number of benzene rings is 1. The van der Waals surface area contributed by atoms with Crippen molar-refractivity contribution >= 4 is 23.2 Å². The van der Waals surface area contributed by atoms with E-state index in [2.05, 4.69) is 46.4 Å². The Balaban J connectivity index is 1.49. The van der Waals surface area contributed by atoms with E-state index in [1.54, 1.807) is 10.8 Å². The molecule has 2 aliphatic rings. The van der Waals surface area contributed by atoms with Crippen LogP contribution >= 0.6 is 11.8 Å². The molecule has 2 atom stereocenters. The summed E-state index contributed by atoms with van der Waals surface area (Å²) in [5.74, 6) is 0.0596. The standard InChI is InChI=1S/C21H27N5O2S/c1-14(29-20-22-23-24-26(20)13-15-8-7-11-28-15)18(27)12-19-21(2,3)16-9-5-6-10-17(16)25(19)4/h5-6,9-10,12,14-15H,7-8,11,13H2,1-4H3/b19-12+. The van der Waals surface area contributed by atoms with Gasteiger partial charge in [-0.3, -0.25) is 4.79 Å². The van der Waals surface area contributed by atoms with Crippen molar-refractivity contribution in [1.29, 1.82) is 0 Å². The van der Waals surface area contributed by atoms with E-state index < -0.39 is 0 Å². The van der Waals surface area contributed by atoms with Crippen LogP contribution in [0.15, 0.2) is 41.2 Å². The van der Waals surface area contributed by atoms with Crippen LogP contribution in [0.4, 0.5) is 5.69 Å². The monoisotopic (exact) mass is 413 g/mol. The lowest BCUT2D eigenvalue weighted by atomic mass is 9.83. The van der Waals surface area contributed by atoms with Crippen LogP contribution in [0.2, 0.25) is 0 Å². The number of thioether (sulfide) groups is 1. The molecule has 8 heteroatoms. The molecular weight excluding hydrogens is 386 g/mol. The first kappa shape index (κ1) is 20.1. The van der Waals surface area contributed by atoms with Crippen molar-refractivity contribution in [3.63, 3.8) is 0 Å². The normalized spacial score (nSPS) is 22.8. The van der Waals surface area contributed by atoms with Crippen LogP contribution in [0.5, 0.6) is 0 Å². The van der Waals surface area contributed by atoms with Gasteiger partial charge in [0.25, 0.3) is 0 Å². The highest BCUT2D eigenvalue weighted by Gasteiger charge is 2.38. The molecule has 0 aliphatic carbocycles. The van der Waals surface area contributed by atoms with E-state index in [0.717, 1.165) is 30.8 Å². The molecule has 0 spiro atoms. The number of carbonyl (C=O) groups excluding carboxylic acids is 1. The number of hydrogen-bond donors (Lipinski definition) is 0. The van der Waals surface area contributed by atoms with Crippen LogP contribution in [0.1, 0.15) is 39.2 Å². The summed E-state index contributed by atoms with van der Waals surface area (Å²) in [6.45, 7) is 7.65. The molecule has 2 aromatic rings. The number of likely N-dealkylation sites (N-methyl/N-ethyl adjacent to an activating group) is 1. The number of aromatic nitrogens is 4. The fourth-order valence-electron chi connectivity index (χ4n) is 4.10. The summed E-state index contributed by atoms with van der Waals surface area (Å²) in [5, 5.41) is 12.4. The number of nitrogens with zero attached hydrogens (tertiary/aromatic N) is 5. The number of anilines is 1. The molecule has 3 heterocycles. The van der Waals surface area contributed by atoms with Gasteiger partial charge < -0.3 is 9.64 Å². The molecule has 2 aliphatic heterocycles. The van der Waals surface area contributed by atoms with E-state index in [1.165, 1.54) is 17.3 Å². The first-order valence-corrected chi connectivity index (χ1v) is 10.9. The number of tetrazole rings is 1. The van der Waals surface area contributed by atoms with Crippen molar-refractivity contribution < 1.29 is 9.53 Å². The maximum Gasteiger partial charge on any atom is 0.210 e. The van der Waals surface area contributed by atoms with E-state index in [1.807, 2.05) is 26.1 Å². The topological polar surface area (TPSA) is 73.1 Å². The fourth-order valence-corrected chi connectivity index (χ4v) is 4.92. The average molecular weight is 414 g/mol. The van der Waals surface area contributed by atoms with Gasteiger partial charge in [-0.1, -0.05) is 43.8 Å². The second-order valence-electron chi connectivity index (χ2n) is 8.17. The Hall–Kier alpha value is -2.19. The summed E-state index contributed by atoms with van der Waals surface area (Å²) in [7, 11) is 2.02. The zero-order valence-corrected chi connectivity index (χ0v) is 18.1. The smallest absolute Gasteiger partial charge is 0.210 e. The lowest BCUT2D eigenvalue weighted by Gasteiger charge is -2.24. The molecule has 0 bridgehead atoms. The largest absolute Gasteiger partial charge is 0.376 e. The average Bonchev–Trinajstić information content (AvgIpc) is 3.41. The van der Waals surface area contributed by atoms with Crippen LogP contribution in [0.25, 0.3) is 0 Å². The summed E-state index contributed by atoms with van der Waals surface area (Å²) < 4.78 is 7.43. The summed E-state index contributed by atoms with van der Waals surface area (Å²) in [4.78, 5) is 15.2. The Kier molecular flexibility index (Phi) is 5.48. The molecule has 1 fully saturated rings. The zero-order chi connectivity index (χ0) is 20.6. The number of ketones is 1. The summed E-state index contributed by atoms with van der Waals surface area (Å²) >= 11 is 1.40. The summed E-state index contributed by atoms with van der Waals surface area (Å²) in [5.41, 5.74) is 3.18. The van der Waals surface area contributed by atoms with Gasteiger partial charge in [-0.05, 0) is 41.8 Å². The Morgan fingerprint density at radius 3 is 2.93 bits per heavy atom. The first-order valence-electron chi connectivity index (χ1n) is 10.0.